The molecule has 1 rings (SSSR count). The van der Waals surface area contributed by atoms with Gasteiger partial charge in [0, 0.05) is 18.6 Å². The van der Waals surface area contributed by atoms with Gasteiger partial charge in [-0.05, 0) is 11.1 Å². The monoisotopic (exact) mass is 157 g/mol. The Labute approximate surface area is 60.6 Å². The highest BCUT2D eigenvalue weighted by atomic mass is 32.2. The van der Waals surface area contributed by atoms with Crippen molar-refractivity contribution in [2.75, 3.05) is 0 Å². The second kappa shape index (κ2) is 3.38. The molecule has 0 aliphatic carbocycles. The lowest BCUT2D eigenvalue weighted by Gasteiger charge is -2.01. The van der Waals surface area contributed by atoms with Gasteiger partial charge >= 0.3 is 0 Å². The van der Waals surface area contributed by atoms with E-state index >= 15 is 0 Å². The van der Waals surface area contributed by atoms with Crippen LogP contribution in [0.1, 0.15) is 5.69 Å². The summed E-state index contributed by atoms with van der Waals surface area (Å²) in [6.45, 7) is 0. The van der Waals surface area contributed by atoms with Crippen LogP contribution in [-0.2, 0) is 16.8 Å². The minimum absolute atomic E-state index is 0.0617. The van der Waals surface area contributed by atoms with Crippen molar-refractivity contribution in [1.82, 2.24) is 9.97 Å². The van der Waals surface area contributed by atoms with E-state index in [-0.39, 0.29) is 5.75 Å². The smallest absolute Gasteiger partial charge is 0.0699 e. The van der Waals surface area contributed by atoms with E-state index in [0.29, 0.717) is 5.69 Å². The number of nitrogens with zero attached hydrogens (tertiary/aromatic N) is 2. The summed E-state index contributed by atoms with van der Waals surface area (Å²) in [5.74, 6) is -0.0617. The van der Waals surface area contributed by atoms with E-state index in [4.69, 9.17) is 0 Å². The number of hydrogen-bond donors (Lipinski definition) is 0. The van der Waals surface area contributed by atoms with Crippen LogP contribution in [0.25, 0.3) is 0 Å². The first kappa shape index (κ1) is 7.30. The molecule has 10 heavy (non-hydrogen) atoms. The van der Waals surface area contributed by atoms with Crippen LogP contribution >= 0.6 is 0 Å². The molecule has 1 atom stereocenters. The first-order valence-corrected chi connectivity index (χ1v) is 3.84. The van der Waals surface area contributed by atoms with Crippen molar-refractivity contribution in [3.05, 3.63) is 24.3 Å². The highest BCUT2D eigenvalue weighted by Gasteiger charge is 1.90. The van der Waals surface area contributed by atoms with Crippen LogP contribution in [0.3, 0.4) is 0 Å². The average molecular weight is 157 g/mol. The Morgan fingerprint density at radius 2 is 2.40 bits per heavy atom. The zero-order chi connectivity index (χ0) is 7.40. The first-order valence-electron chi connectivity index (χ1n) is 2.60. The van der Waals surface area contributed by atoms with Crippen molar-refractivity contribution in [3.8, 4) is 0 Å². The molecular weight excluding hydrogens is 152 g/mol. The van der Waals surface area contributed by atoms with Crippen LogP contribution in [0.5, 0.6) is 0 Å². The summed E-state index contributed by atoms with van der Waals surface area (Å²) in [6, 6.07) is 0. The molecule has 0 aromatic carbocycles. The van der Waals surface area contributed by atoms with Gasteiger partial charge in [0.1, 0.15) is 0 Å². The topological polar surface area (TPSA) is 65.9 Å². The summed E-state index contributed by atoms with van der Waals surface area (Å²) in [5, 5.41) is 0. The van der Waals surface area contributed by atoms with Gasteiger partial charge in [-0.1, -0.05) is 0 Å². The molecule has 1 unspecified atom stereocenters. The summed E-state index contributed by atoms with van der Waals surface area (Å²) in [6.07, 6.45) is 4.38. The molecule has 0 saturated heterocycles. The second-order valence-corrected chi connectivity index (χ2v) is 2.54. The third-order valence-corrected chi connectivity index (χ3v) is 1.41. The predicted molar refractivity (Wildman–Crippen MR) is 34.7 cm³/mol. The van der Waals surface area contributed by atoms with E-state index in [1.54, 1.807) is 0 Å². The summed E-state index contributed by atoms with van der Waals surface area (Å²) < 4.78 is 20.2. The van der Waals surface area contributed by atoms with Crippen molar-refractivity contribution < 1.29 is 8.76 Å². The number of aromatic nitrogens is 2. The van der Waals surface area contributed by atoms with Gasteiger partial charge in [0.15, 0.2) is 0 Å². The molecule has 0 aliphatic rings. The highest BCUT2D eigenvalue weighted by molar-refractivity contribution is 7.78. The van der Waals surface area contributed by atoms with Crippen molar-refractivity contribution >= 4 is 11.1 Å². The maximum atomic E-state index is 10.1. The fourth-order valence-electron chi connectivity index (χ4n) is 0.525. The van der Waals surface area contributed by atoms with Crippen LogP contribution in [0.2, 0.25) is 0 Å². The van der Waals surface area contributed by atoms with Crippen molar-refractivity contribution in [1.29, 1.82) is 0 Å². The lowest BCUT2D eigenvalue weighted by Crippen LogP contribution is -1.96. The van der Waals surface area contributed by atoms with E-state index in [2.05, 4.69) is 9.97 Å². The zero-order valence-corrected chi connectivity index (χ0v) is 5.87. The van der Waals surface area contributed by atoms with Crippen LogP contribution in [0.4, 0.5) is 0 Å². The SMILES string of the molecule is O=S([O-])Cc1cnccn1. The fraction of sp³-hybridized carbons (Fsp3) is 0.200. The van der Waals surface area contributed by atoms with Gasteiger partial charge in [0.2, 0.25) is 0 Å². The molecule has 0 fully saturated rings. The molecule has 0 amide bonds. The summed E-state index contributed by atoms with van der Waals surface area (Å²) in [4.78, 5) is 7.47. The molecule has 0 N–H and O–H groups in total. The van der Waals surface area contributed by atoms with Crippen molar-refractivity contribution in [2.24, 2.45) is 0 Å². The summed E-state index contributed by atoms with van der Waals surface area (Å²) in [5.41, 5.74) is 0.468. The summed E-state index contributed by atoms with van der Waals surface area (Å²) >= 11 is -2.07. The minimum atomic E-state index is -2.07. The lowest BCUT2D eigenvalue weighted by molar-refractivity contribution is 0.535. The van der Waals surface area contributed by atoms with Crippen LogP contribution in [0.15, 0.2) is 18.6 Å². The number of hydrogen-bond acceptors (Lipinski definition) is 4. The van der Waals surface area contributed by atoms with Gasteiger partial charge in [-0.25, -0.2) is 0 Å². The Morgan fingerprint density at radius 1 is 1.60 bits per heavy atom. The Kier molecular flexibility index (Phi) is 2.47. The largest absolute Gasteiger partial charge is 0.772 e. The molecule has 0 bridgehead atoms. The molecule has 0 aliphatic heterocycles. The van der Waals surface area contributed by atoms with Crippen molar-refractivity contribution in [3.63, 3.8) is 0 Å². The van der Waals surface area contributed by atoms with Crippen LogP contribution in [-0.4, -0.2) is 18.7 Å². The van der Waals surface area contributed by atoms with Crippen LogP contribution < -0.4 is 0 Å². The Morgan fingerprint density at radius 3 is 2.90 bits per heavy atom. The molecule has 0 spiro atoms. The quantitative estimate of drug-likeness (QED) is 0.560. The van der Waals surface area contributed by atoms with Gasteiger partial charge in [-0.2, -0.15) is 0 Å². The Bertz CT molecular complexity index is 226. The second-order valence-electron chi connectivity index (χ2n) is 1.64. The highest BCUT2D eigenvalue weighted by Crippen LogP contribution is 1.92. The molecule has 54 valence electrons. The van der Waals surface area contributed by atoms with E-state index in [1.807, 2.05) is 0 Å². The van der Waals surface area contributed by atoms with E-state index < -0.39 is 11.1 Å². The molecule has 1 aromatic heterocycles. The third kappa shape index (κ3) is 2.20. The van der Waals surface area contributed by atoms with E-state index in [9.17, 15) is 8.76 Å². The normalized spacial score (nSPS) is 12.9. The molecule has 0 radical (unpaired) electrons. The molecule has 5 heteroatoms. The van der Waals surface area contributed by atoms with Gasteiger partial charge in [0.05, 0.1) is 11.4 Å². The van der Waals surface area contributed by atoms with Crippen molar-refractivity contribution in [2.45, 2.75) is 5.75 Å². The summed E-state index contributed by atoms with van der Waals surface area (Å²) in [7, 11) is 0. The standard InChI is InChI=1S/C5H6N2O2S/c8-10(9)4-5-3-6-1-2-7-5/h1-3H,4H2,(H,8,9)/p-1. The lowest BCUT2D eigenvalue weighted by atomic mass is 10.5. The predicted octanol–water partition coefficient (Wildman–Crippen LogP) is -0.144. The zero-order valence-electron chi connectivity index (χ0n) is 5.06. The van der Waals surface area contributed by atoms with Gasteiger partial charge in [-0.3, -0.25) is 14.2 Å². The van der Waals surface area contributed by atoms with E-state index in [1.165, 1.54) is 18.6 Å². The third-order valence-electron chi connectivity index (χ3n) is 0.882. The Balaban J connectivity index is 2.67. The molecular formula is C5H5N2O2S-. The van der Waals surface area contributed by atoms with Gasteiger partial charge < -0.3 is 4.55 Å². The fourth-order valence-corrected chi connectivity index (χ4v) is 0.916. The van der Waals surface area contributed by atoms with Gasteiger partial charge in [-0.15, -0.1) is 0 Å². The van der Waals surface area contributed by atoms with Crippen LogP contribution in [0, 0.1) is 0 Å². The molecule has 1 heterocycles. The number of rotatable bonds is 2. The molecule has 1 aromatic rings. The molecule has 0 saturated carbocycles. The van der Waals surface area contributed by atoms with Gasteiger partial charge in [0.25, 0.3) is 0 Å². The maximum Gasteiger partial charge on any atom is 0.0699 e. The minimum Gasteiger partial charge on any atom is -0.772 e. The first-order chi connectivity index (χ1) is 4.79. The van der Waals surface area contributed by atoms with E-state index in [0.717, 1.165) is 0 Å². The Hall–Kier alpha value is -0.810. The molecule has 4 nitrogen and oxygen atoms in total. The average Bonchev–Trinajstić information content (AvgIpc) is 1.88. The maximum absolute atomic E-state index is 10.1.